The lowest BCUT2D eigenvalue weighted by Crippen LogP contribution is -2.47. The fraction of sp³-hybridized carbons (Fsp3) is 0.667. The maximum absolute atomic E-state index is 12.7. The van der Waals surface area contributed by atoms with Crippen molar-refractivity contribution in [3.05, 3.63) is 16.0 Å². The van der Waals surface area contributed by atoms with Gasteiger partial charge in [0.05, 0.1) is 20.6 Å². The van der Waals surface area contributed by atoms with Gasteiger partial charge < -0.3 is 19.9 Å². The van der Waals surface area contributed by atoms with Gasteiger partial charge in [-0.15, -0.1) is 11.3 Å². The maximum Gasteiger partial charge on any atom is 0.348 e. The number of rotatable bonds is 6. The fourth-order valence-electron chi connectivity index (χ4n) is 6.22. The van der Waals surface area contributed by atoms with Crippen LogP contribution in [-0.2, 0) is 25.6 Å². The smallest absolute Gasteiger partial charge is 0.348 e. The van der Waals surface area contributed by atoms with E-state index in [2.05, 4.69) is 0 Å². The molecule has 0 spiro atoms. The molecule has 5 rings (SSSR count). The number of carbonyl (C=O) groups is 3. The minimum absolute atomic E-state index is 0.0653. The lowest BCUT2D eigenvalue weighted by Gasteiger charge is -2.56. The molecule has 1 aromatic rings. The number of thiophene rings is 1. The molecule has 0 radical (unpaired) electrons. The number of methoxy groups -OCH3 is 2. The molecule has 0 atom stereocenters. The number of hydrogen-bond donors (Lipinski definition) is 1. The van der Waals surface area contributed by atoms with Gasteiger partial charge in [0, 0.05) is 5.56 Å². The first kappa shape index (κ1) is 20.2. The summed E-state index contributed by atoms with van der Waals surface area (Å²) in [6.07, 6.45) is 7.67. The van der Waals surface area contributed by atoms with Crippen molar-refractivity contribution < 1.29 is 28.6 Å². The largest absolute Gasteiger partial charge is 0.465 e. The van der Waals surface area contributed by atoms with Gasteiger partial charge in [0.25, 0.3) is 0 Å². The molecular formula is C21H27NO6S. The van der Waals surface area contributed by atoms with Gasteiger partial charge in [-0.05, 0) is 61.7 Å². The molecule has 4 aliphatic carbocycles. The Hall–Kier alpha value is -2.09. The Morgan fingerprint density at radius 2 is 1.55 bits per heavy atom. The van der Waals surface area contributed by atoms with Gasteiger partial charge in [0.2, 0.25) is 0 Å². The standard InChI is InChI=1S/C21H27NO6S/c1-26-19(24)16-14(17(20(25)27-2)29-18(16)22)10-28-15(23)9-21-6-11-3-12(7-21)5-13(4-11)8-21/h11-13H,3-10,22H2,1-2H3. The van der Waals surface area contributed by atoms with E-state index in [4.69, 9.17) is 19.9 Å². The van der Waals surface area contributed by atoms with Gasteiger partial charge in [0.1, 0.15) is 22.0 Å². The summed E-state index contributed by atoms with van der Waals surface area (Å²) in [6, 6.07) is 0. The lowest BCUT2D eigenvalue weighted by atomic mass is 9.49. The third-order valence-electron chi connectivity index (χ3n) is 6.86. The number of esters is 3. The minimum atomic E-state index is -0.666. The summed E-state index contributed by atoms with van der Waals surface area (Å²) in [7, 11) is 2.49. The third-order valence-corrected chi connectivity index (χ3v) is 7.90. The van der Waals surface area contributed by atoms with Crippen LogP contribution in [0.1, 0.15) is 70.5 Å². The predicted octanol–water partition coefficient (Wildman–Crippen LogP) is 3.55. The molecule has 0 saturated heterocycles. The number of hydrogen-bond acceptors (Lipinski definition) is 8. The SMILES string of the molecule is COC(=O)c1sc(N)c(C(=O)OC)c1COC(=O)CC12CC3CC(CC(C3)C1)C2. The summed E-state index contributed by atoms with van der Waals surface area (Å²) in [6.45, 7) is -0.201. The van der Waals surface area contributed by atoms with Gasteiger partial charge in [-0.25, -0.2) is 9.59 Å². The molecule has 29 heavy (non-hydrogen) atoms. The Morgan fingerprint density at radius 3 is 2.07 bits per heavy atom. The highest BCUT2D eigenvalue weighted by Crippen LogP contribution is 2.61. The molecule has 1 heterocycles. The second kappa shape index (κ2) is 7.63. The molecule has 4 bridgehead atoms. The summed E-state index contributed by atoms with van der Waals surface area (Å²) in [5.41, 5.74) is 6.31. The van der Waals surface area contributed by atoms with Crippen molar-refractivity contribution in [3.8, 4) is 0 Å². The molecule has 0 amide bonds. The second-order valence-electron chi connectivity index (χ2n) is 8.89. The van der Waals surface area contributed by atoms with Crippen LogP contribution in [0.15, 0.2) is 0 Å². The van der Waals surface area contributed by atoms with E-state index in [9.17, 15) is 14.4 Å². The van der Waals surface area contributed by atoms with Crippen LogP contribution in [0.3, 0.4) is 0 Å². The number of ether oxygens (including phenoxy) is 3. The van der Waals surface area contributed by atoms with E-state index in [1.54, 1.807) is 0 Å². The van der Waals surface area contributed by atoms with Crippen LogP contribution in [0, 0.1) is 23.2 Å². The van der Waals surface area contributed by atoms with E-state index in [1.165, 1.54) is 33.5 Å². The van der Waals surface area contributed by atoms with E-state index in [0.717, 1.165) is 48.4 Å². The lowest BCUT2D eigenvalue weighted by molar-refractivity contribution is -0.153. The van der Waals surface area contributed by atoms with E-state index < -0.39 is 11.9 Å². The highest BCUT2D eigenvalue weighted by atomic mass is 32.1. The van der Waals surface area contributed by atoms with Crippen molar-refractivity contribution in [3.63, 3.8) is 0 Å². The average Bonchev–Trinajstić information content (AvgIpc) is 2.99. The van der Waals surface area contributed by atoms with Crippen LogP contribution in [0.2, 0.25) is 0 Å². The first-order valence-electron chi connectivity index (χ1n) is 10.1. The zero-order valence-electron chi connectivity index (χ0n) is 16.8. The van der Waals surface area contributed by atoms with E-state index >= 15 is 0 Å². The van der Waals surface area contributed by atoms with Crippen LogP contribution < -0.4 is 5.73 Å². The number of nitrogen functional groups attached to an aromatic ring is 1. The van der Waals surface area contributed by atoms with Gasteiger partial charge in [-0.1, -0.05) is 0 Å². The minimum Gasteiger partial charge on any atom is -0.465 e. The van der Waals surface area contributed by atoms with Gasteiger partial charge in [-0.3, -0.25) is 4.79 Å². The molecule has 0 unspecified atom stereocenters. The topological polar surface area (TPSA) is 105 Å². The predicted molar refractivity (Wildman–Crippen MR) is 106 cm³/mol. The Bertz CT molecular complexity index is 809. The van der Waals surface area contributed by atoms with Crippen molar-refractivity contribution in [1.29, 1.82) is 0 Å². The van der Waals surface area contributed by atoms with Crippen LogP contribution >= 0.6 is 11.3 Å². The van der Waals surface area contributed by atoms with Crippen LogP contribution in [0.4, 0.5) is 5.00 Å². The maximum atomic E-state index is 12.7. The van der Waals surface area contributed by atoms with E-state index in [1.807, 2.05) is 0 Å². The highest BCUT2D eigenvalue weighted by Gasteiger charge is 2.51. The molecule has 4 fully saturated rings. The van der Waals surface area contributed by atoms with E-state index in [-0.39, 0.29) is 39.0 Å². The molecule has 7 nitrogen and oxygen atoms in total. The van der Waals surface area contributed by atoms with Crippen molar-refractivity contribution in [2.24, 2.45) is 23.2 Å². The van der Waals surface area contributed by atoms with Crippen molar-refractivity contribution in [1.82, 2.24) is 0 Å². The zero-order valence-corrected chi connectivity index (χ0v) is 17.6. The molecular weight excluding hydrogens is 394 g/mol. The summed E-state index contributed by atoms with van der Waals surface area (Å²) in [4.78, 5) is 37.1. The fourth-order valence-corrected chi connectivity index (χ4v) is 7.20. The molecule has 4 saturated carbocycles. The Morgan fingerprint density at radius 1 is 1.00 bits per heavy atom. The monoisotopic (exact) mass is 421 g/mol. The van der Waals surface area contributed by atoms with Crippen molar-refractivity contribution in [2.45, 2.75) is 51.6 Å². The van der Waals surface area contributed by atoms with Gasteiger partial charge in [0.15, 0.2) is 0 Å². The van der Waals surface area contributed by atoms with E-state index in [0.29, 0.717) is 6.42 Å². The Labute approximate surface area is 173 Å². The molecule has 0 aliphatic heterocycles. The average molecular weight is 422 g/mol. The first-order valence-corrected chi connectivity index (χ1v) is 10.9. The second-order valence-corrected chi connectivity index (χ2v) is 9.94. The normalized spacial score (nSPS) is 29.5. The first-order chi connectivity index (χ1) is 13.8. The Kier molecular flexibility index (Phi) is 5.31. The van der Waals surface area contributed by atoms with Crippen LogP contribution in [0.5, 0.6) is 0 Å². The number of anilines is 1. The summed E-state index contributed by atoms with van der Waals surface area (Å²) >= 11 is 0.935. The molecule has 2 N–H and O–H groups in total. The highest BCUT2D eigenvalue weighted by molar-refractivity contribution is 7.18. The molecule has 158 valence electrons. The van der Waals surface area contributed by atoms with Gasteiger partial charge in [-0.2, -0.15) is 0 Å². The van der Waals surface area contributed by atoms with Crippen molar-refractivity contribution >= 4 is 34.2 Å². The van der Waals surface area contributed by atoms with Crippen LogP contribution in [-0.4, -0.2) is 32.1 Å². The zero-order chi connectivity index (χ0) is 20.8. The van der Waals surface area contributed by atoms with Crippen LogP contribution in [0.25, 0.3) is 0 Å². The molecule has 0 aromatic carbocycles. The van der Waals surface area contributed by atoms with Crippen molar-refractivity contribution in [2.75, 3.05) is 20.0 Å². The molecule has 8 heteroatoms. The third kappa shape index (κ3) is 3.74. The molecule has 4 aliphatic rings. The number of nitrogens with two attached hydrogens (primary N) is 1. The number of carbonyl (C=O) groups excluding carboxylic acids is 3. The molecule has 1 aromatic heterocycles. The van der Waals surface area contributed by atoms with Gasteiger partial charge >= 0.3 is 17.9 Å². The quantitative estimate of drug-likeness (QED) is 0.553. The summed E-state index contributed by atoms with van der Waals surface area (Å²) in [5.74, 6) is 0.682. The summed E-state index contributed by atoms with van der Waals surface area (Å²) in [5, 5.41) is 0.143. The Balaban J connectivity index is 1.48. The summed E-state index contributed by atoms with van der Waals surface area (Å²) < 4.78 is 15.1.